The second-order valence-corrected chi connectivity index (χ2v) is 7.90. The van der Waals surface area contributed by atoms with E-state index in [1.165, 1.54) is 11.8 Å². The minimum Gasteiger partial charge on any atom is -0.497 e. The second kappa shape index (κ2) is 9.72. The number of ether oxygens (including phenoxy) is 1. The molecule has 7 nitrogen and oxygen atoms in total. The maximum Gasteiger partial charge on any atom is 0.230 e. The lowest BCUT2D eigenvalue weighted by atomic mass is 10.2. The number of amides is 1. The van der Waals surface area contributed by atoms with Gasteiger partial charge in [0.25, 0.3) is 0 Å². The van der Waals surface area contributed by atoms with E-state index in [1.54, 1.807) is 13.4 Å². The van der Waals surface area contributed by atoms with Gasteiger partial charge in [0.05, 0.1) is 25.1 Å². The molecule has 0 unspecified atom stereocenters. The fourth-order valence-corrected chi connectivity index (χ4v) is 3.75. The van der Waals surface area contributed by atoms with Crippen molar-refractivity contribution in [1.29, 1.82) is 0 Å². The van der Waals surface area contributed by atoms with Crippen molar-refractivity contribution in [3.05, 3.63) is 77.8 Å². The molecule has 0 aliphatic rings. The van der Waals surface area contributed by atoms with Crippen molar-refractivity contribution in [3.8, 4) is 22.8 Å². The van der Waals surface area contributed by atoms with E-state index in [2.05, 4.69) is 15.5 Å². The van der Waals surface area contributed by atoms with Gasteiger partial charge in [-0.2, -0.15) is 0 Å². The first kappa shape index (κ1) is 21.0. The molecule has 0 radical (unpaired) electrons. The average Bonchev–Trinajstić information content (AvgIpc) is 3.46. The lowest BCUT2D eigenvalue weighted by molar-refractivity contribution is -0.118. The first-order valence-electron chi connectivity index (χ1n) is 9.41. The van der Waals surface area contributed by atoms with Crippen LogP contribution in [0.25, 0.3) is 17.0 Å². The van der Waals surface area contributed by atoms with Gasteiger partial charge >= 0.3 is 0 Å². The van der Waals surface area contributed by atoms with Crippen LogP contribution in [0.2, 0.25) is 5.02 Å². The molecule has 0 aliphatic heterocycles. The van der Waals surface area contributed by atoms with Crippen molar-refractivity contribution in [2.45, 2.75) is 11.7 Å². The van der Waals surface area contributed by atoms with Gasteiger partial charge in [0.15, 0.2) is 5.16 Å². The number of nitrogens with zero attached hydrogens (tertiary/aromatic N) is 3. The van der Waals surface area contributed by atoms with Crippen LogP contribution >= 0.6 is 23.4 Å². The van der Waals surface area contributed by atoms with Gasteiger partial charge < -0.3 is 14.5 Å². The Hall–Kier alpha value is -3.23. The van der Waals surface area contributed by atoms with Gasteiger partial charge in [-0.1, -0.05) is 29.4 Å². The average molecular weight is 455 g/mol. The van der Waals surface area contributed by atoms with Crippen molar-refractivity contribution in [3.63, 3.8) is 0 Å². The van der Waals surface area contributed by atoms with Gasteiger partial charge in [-0.3, -0.25) is 9.36 Å². The monoisotopic (exact) mass is 454 g/mol. The highest BCUT2D eigenvalue weighted by Gasteiger charge is 2.12. The molecular formula is C22H19ClN4O3S. The summed E-state index contributed by atoms with van der Waals surface area (Å²) in [4.78, 5) is 12.3. The predicted octanol–water partition coefficient (Wildman–Crippen LogP) is 4.60. The molecule has 158 valence electrons. The maximum atomic E-state index is 12.3. The largest absolute Gasteiger partial charge is 0.497 e. The first-order valence-corrected chi connectivity index (χ1v) is 10.8. The van der Waals surface area contributed by atoms with E-state index in [1.807, 2.05) is 65.2 Å². The van der Waals surface area contributed by atoms with E-state index in [0.29, 0.717) is 22.5 Å². The number of carbonyl (C=O) groups excluding carboxylic acids is 1. The zero-order valence-corrected chi connectivity index (χ0v) is 18.2. The summed E-state index contributed by atoms with van der Waals surface area (Å²) in [6.45, 7) is 0.301. The Balaban J connectivity index is 1.32. The Kier molecular flexibility index (Phi) is 6.59. The number of furan rings is 1. The molecule has 4 rings (SSSR count). The van der Waals surface area contributed by atoms with Crippen LogP contribution in [-0.2, 0) is 11.3 Å². The van der Waals surface area contributed by atoms with Crippen LogP contribution in [0.5, 0.6) is 5.75 Å². The molecule has 0 saturated carbocycles. The summed E-state index contributed by atoms with van der Waals surface area (Å²) in [7, 11) is 1.61. The fourth-order valence-electron chi connectivity index (χ4n) is 2.87. The lowest BCUT2D eigenvalue weighted by Crippen LogP contribution is -2.24. The van der Waals surface area contributed by atoms with Crippen molar-refractivity contribution in [2.24, 2.45) is 0 Å². The zero-order valence-electron chi connectivity index (χ0n) is 16.6. The quantitative estimate of drug-likeness (QED) is 0.392. The Morgan fingerprint density at radius 1 is 1.19 bits per heavy atom. The number of halogens is 1. The Morgan fingerprint density at radius 2 is 2.03 bits per heavy atom. The first-order chi connectivity index (χ1) is 15.1. The molecule has 0 bridgehead atoms. The maximum absolute atomic E-state index is 12.3. The third-order valence-corrected chi connectivity index (χ3v) is 5.63. The Morgan fingerprint density at radius 3 is 2.84 bits per heavy atom. The summed E-state index contributed by atoms with van der Waals surface area (Å²) in [5.74, 6) is 2.20. The molecule has 1 amide bonds. The minimum absolute atomic E-state index is 0.130. The Bertz CT molecular complexity index is 1170. The van der Waals surface area contributed by atoms with Crippen LogP contribution in [0.1, 0.15) is 5.76 Å². The van der Waals surface area contributed by atoms with Crippen LogP contribution in [0.4, 0.5) is 0 Å². The second-order valence-electron chi connectivity index (χ2n) is 6.52. The van der Waals surface area contributed by atoms with Crippen LogP contribution in [0.3, 0.4) is 0 Å². The minimum atomic E-state index is -0.130. The predicted molar refractivity (Wildman–Crippen MR) is 120 cm³/mol. The molecule has 0 fully saturated rings. The summed E-state index contributed by atoms with van der Waals surface area (Å²) in [6.07, 6.45) is 1.61. The van der Waals surface area contributed by atoms with E-state index in [0.717, 1.165) is 22.8 Å². The van der Waals surface area contributed by atoms with E-state index in [4.69, 9.17) is 20.8 Å². The highest BCUT2D eigenvalue weighted by Crippen LogP contribution is 2.24. The molecule has 9 heteroatoms. The standard InChI is InChI=1S/C22H19ClN4O3S/c1-29-18-4-2-3-17(11-18)27-14-25-26-22(27)31-13-21(28)24-12-19-9-10-20(30-19)15-5-7-16(23)8-6-15/h2-11,14H,12-13H2,1H3,(H,24,28). The van der Waals surface area contributed by atoms with Crippen molar-refractivity contribution in [1.82, 2.24) is 20.1 Å². The number of carbonyl (C=O) groups is 1. The number of aromatic nitrogens is 3. The van der Waals surface area contributed by atoms with E-state index < -0.39 is 0 Å². The third-order valence-electron chi connectivity index (χ3n) is 4.43. The van der Waals surface area contributed by atoms with E-state index in [9.17, 15) is 4.79 Å². The van der Waals surface area contributed by atoms with E-state index >= 15 is 0 Å². The molecule has 1 N–H and O–H groups in total. The molecule has 0 atom stereocenters. The molecule has 2 aromatic carbocycles. The highest BCUT2D eigenvalue weighted by molar-refractivity contribution is 7.99. The number of hydrogen-bond acceptors (Lipinski definition) is 6. The summed E-state index contributed by atoms with van der Waals surface area (Å²) in [5.41, 5.74) is 1.78. The molecule has 4 aromatic rings. The molecular weight excluding hydrogens is 436 g/mol. The number of hydrogen-bond donors (Lipinski definition) is 1. The SMILES string of the molecule is COc1cccc(-n2cnnc2SCC(=O)NCc2ccc(-c3ccc(Cl)cc3)o2)c1. The van der Waals surface area contributed by atoms with Crippen molar-refractivity contribution >= 4 is 29.3 Å². The summed E-state index contributed by atoms with van der Waals surface area (Å²) in [5, 5.41) is 12.2. The van der Waals surface area contributed by atoms with Gasteiger partial charge in [0, 0.05) is 16.7 Å². The smallest absolute Gasteiger partial charge is 0.230 e. The molecule has 31 heavy (non-hydrogen) atoms. The topological polar surface area (TPSA) is 82.2 Å². The van der Waals surface area contributed by atoms with Gasteiger partial charge in [0.2, 0.25) is 5.91 Å². The number of methoxy groups -OCH3 is 1. The zero-order chi connectivity index (χ0) is 21.6. The van der Waals surface area contributed by atoms with Crippen LogP contribution < -0.4 is 10.1 Å². The van der Waals surface area contributed by atoms with Gasteiger partial charge in [-0.15, -0.1) is 10.2 Å². The number of rotatable bonds is 8. The fraction of sp³-hybridized carbons (Fsp3) is 0.136. The molecule has 0 saturated heterocycles. The van der Waals surface area contributed by atoms with Crippen molar-refractivity contribution in [2.75, 3.05) is 12.9 Å². The summed E-state index contributed by atoms with van der Waals surface area (Å²) < 4.78 is 12.9. The van der Waals surface area contributed by atoms with Crippen LogP contribution in [-0.4, -0.2) is 33.5 Å². The molecule has 0 spiro atoms. The normalized spacial score (nSPS) is 10.8. The third kappa shape index (κ3) is 5.28. The van der Waals surface area contributed by atoms with E-state index in [-0.39, 0.29) is 11.7 Å². The lowest BCUT2D eigenvalue weighted by Gasteiger charge is -2.08. The van der Waals surface area contributed by atoms with Crippen LogP contribution in [0.15, 0.2) is 76.6 Å². The number of nitrogens with one attached hydrogen (secondary N) is 1. The van der Waals surface area contributed by atoms with Gasteiger partial charge in [-0.25, -0.2) is 0 Å². The highest BCUT2D eigenvalue weighted by atomic mass is 35.5. The summed E-state index contributed by atoms with van der Waals surface area (Å²) in [6, 6.07) is 18.7. The van der Waals surface area contributed by atoms with Crippen LogP contribution in [0, 0.1) is 0 Å². The molecule has 0 aliphatic carbocycles. The van der Waals surface area contributed by atoms with Gasteiger partial charge in [-0.05, 0) is 48.5 Å². The van der Waals surface area contributed by atoms with Crippen molar-refractivity contribution < 1.29 is 13.9 Å². The number of benzene rings is 2. The Labute approximate surface area is 188 Å². The van der Waals surface area contributed by atoms with Gasteiger partial charge in [0.1, 0.15) is 23.6 Å². The number of thioether (sulfide) groups is 1. The molecule has 2 heterocycles. The summed E-state index contributed by atoms with van der Waals surface area (Å²) >= 11 is 7.22. The molecule has 2 aromatic heterocycles.